The fraction of sp³-hybridized carbons (Fsp3) is 0.269. The Balaban J connectivity index is 1.60. The molecular weight excluding hydrogens is 448 g/mol. The van der Waals surface area contributed by atoms with E-state index in [9.17, 15) is 10.1 Å². The molecule has 2 aromatic carbocycles. The van der Waals surface area contributed by atoms with Gasteiger partial charge in [0.05, 0.1) is 44.8 Å². The Hall–Kier alpha value is -3.54. The van der Waals surface area contributed by atoms with E-state index in [4.69, 9.17) is 14.5 Å². The third-order valence-electron chi connectivity index (χ3n) is 5.80. The quantitative estimate of drug-likeness (QED) is 0.511. The second kappa shape index (κ2) is 10.6. The lowest BCUT2D eigenvalue weighted by molar-refractivity contribution is -0.895. The highest BCUT2D eigenvalue weighted by Gasteiger charge is 2.27. The number of hydrogen-bond acceptors (Lipinski definition) is 6. The van der Waals surface area contributed by atoms with Crippen molar-refractivity contribution < 1.29 is 19.2 Å². The number of nitrogens with one attached hydrogen (secondary N) is 2. The van der Waals surface area contributed by atoms with E-state index >= 15 is 0 Å². The monoisotopic (exact) mass is 475 g/mol. The van der Waals surface area contributed by atoms with Crippen LogP contribution in [0.5, 0.6) is 11.5 Å². The number of anilines is 1. The molecule has 8 heteroatoms. The molecule has 3 aromatic rings. The molecule has 0 fully saturated rings. The van der Waals surface area contributed by atoms with Gasteiger partial charge in [0, 0.05) is 29.3 Å². The molecule has 1 aromatic heterocycles. The van der Waals surface area contributed by atoms with Crippen molar-refractivity contribution >= 4 is 23.4 Å². The number of quaternary nitrogens is 1. The zero-order valence-corrected chi connectivity index (χ0v) is 20.3. The Morgan fingerprint density at radius 1 is 1.18 bits per heavy atom. The lowest BCUT2D eigenvalue weighted by Crippen LogP contribution is -3.08. The predicted octanol–water partition coefficient (Wildman–Crippen LogP) is 2.94. The number of hydrogen-bond donors (Lipinski definition) is 2. The van der Waals surface area contributed by atoms with Crippen LogP contribution in [-0.2, 0) is 17.8 Å². The highest BCUT2D eigenvalue weighted by atomic mass is 32.2. The lowest BCUT2D eigenvalue weighted by atomic mass is 9.92. The van der Waals surface area contributed by atoms with E-state index in [2.05, 4.69) is 18.4 Å². The van der Waals surface area contributed by atoms with Crippen LogP contribution < -0.4 is 19.7 Å². The van der Waals surface area contributed by atoms with Gasteiger partial charge in [-0.25, -0.2) is 4.98 Å². The smallest absolute Gasteiger partial charge is 0.234 e. The first-order chi connectivity index (χ1) is 16.5. The number of amides is 1. The molecule has 1 aliphatic rings. The Morgan fingerprint density at radius 3 is 2.65 bits per heavy atom. The van der Waals surface area contributed by atoms with E-state index in [0.29, 0.717) is 27.8 Å². The summed E-state index contributed by atoms with van der Waals surface area (Å²) in [5, 5.41) is 13.6. The number of nitriles is 1. The summed E-state index contributed by atoms with van der Waals surface area (Å²) in [7, 11) is 5.27. The van der Waals surface area contributed by atoms with Gasteiger partial charge in [-0.15, -0.1) is 0 Å². The third kappa shape index (κ3) is 5.01. The van der Waals surface area contributed by atoms with Crippen molar-refractivity contribution in [3.8, 4) is 28.7 Å². The van der Waals surface area contributed by atoms with E-state index in [0.717, 1.165) is 41.9 Å². The summed E-state index contributed by atoms with van der Waals surface area (Å²) in [5.74, 6) is 1.07. The predicted molar refractivity (Wildman–Crippen MR) is 132 cm³/mol. The first-order valence-corrected chi connectivity index (χ1v) is 12.0. The van der Waals surface area contributed by atoms with Crippen LogP contribution in [-0.4, -0.2) is 44.5 Å². The summed E-state index contributed by atoms with van der Waals surface area (Å²) in [6, 6.07) is 17.6. The van der Waals surface area contributed by atoms with Gasteiger partial charge in [0.15, 0.2) is 11.5 Å². The fourth-order valence-corrected chi connectivity index (χ4v) is 4.95. The van der Waals surface area contributed by atoms with Gasteiger partial charge in [0.25, 0.3) is 0 Å². The number of benzene rings is 2. The lowest BCUT2D eigenvalue weighted by Gasteiger charge is -2.25. The summed E-state index contributed by atoms with van der Waals surface area (Å²) in [6.07, 6.45) is 0.845. The van der Waals surface area contributed by atoms with Crippen molar-refractivity contribution in [1.29, 1.82) is 5.26 Å². The second-order valence-electron chi connectivity index (χ2n) is 8.11. The largest absolute Gasteiger partial charge is 0.493 e. The maximum atomic E-state index is 12.7. The van der Waals surface area contributed by atoms with Crippen molar-refractivity contribution in [2.75, 3.05) is 38.9 Å². The molecule has 0 saturated carbocycles. The maximum Gasteiger partial charge on any atom is 0.234 e. The van der Waals surface area contributed by atoms with Gasteiger partial charge >= 0.3 is 0 Å². The molecule has 4 rings (SSSR count). The Labute approximate surface area is 203 Å². The minimum absolute atomic E-state index is 0.133. The number of aromatic nitrogens is 1. The van der Waals surface area contributed by atoms with E-state index in [-0.39, 0.29) is 11.7 Å². The summed E-state index contributed by atoms with van der Waals surface area (Å²) >= 11 is 1.29. The number of thioether (sulfide) groups is 1. The average molecular weight is 476 g/mol. The van der Waals surface area contributed by atoms with Gasteiger partial charge < -0.3 is 19.7 Å². The Kier molecular flexibility index (Phi) is 7.36. The molecule has 34 heavy (non-hydrogen) atoms. The normalized spacial score (nSPS) is 14.6. The van der Waals surface area contributed by atoms with Crippen LogP contribution in [0.4, 0.5) is 5.69 Å². The molecule has 7 nitrogen and oxygen atoms in total. The number of nitrogens with zero attached hydrogens (tertiary/aromatic N) is 2. The van der Waals surface area contributed by atoms with Crippen LogP contribution in [0, 0.1) is 11.3 Å². The second-order valence-corrected chi connectivity index (χ2v) is 9.07. The maximum absolute atomic E-state index is 12.7. The van der Waals surface area contributed by atoms with Gasteiger partial charge in [-0.2, -0.15) is 5.26 Å². The van der Waals surface area contributed by atoms with Crippen LogP contribution >= 0.6 is 11.8 Å². The minimum atomic E-state index is -0.189. The number of likely N-dealkylation sites (N-methyl/N-ethyl adjacent to an activating group) is 1. The van der Waals surface area contributed by atoms with Crippen LogP contribution in [0.25, 0.3) is 11.1 Å². The molecule has 1 atom stereocenters. The van der Waals surface area contributed by atoms with Crippen molar-refractivity contribution in [3.63, 3.8) is 0 Å². The average Bonchev–Trinajstić information content (AvgIpc) is 2.87. The summed E-state index contributed by atoms with van der Waals surface area (Å²) in [5.41, 5.74) is 5.23. The number of carbonyl (C=O) groups is 1. The third-order valence-corrected chi connectivity index (χ3v) is 6.77. The topological polar surface area (TPSA) is 88.7 Å². The van der Waals surface area contributed by atoms with Crippen molar-refractivity contribution in [2.24, 2.45) is 0 Å². The molecule has 1 unspecified atom stereocenters. The van der Waals surface area contributed by atoms with E-state index in [1.807, 2.05) is 30.3 Å². The van der Waals surface area contributed by atoms with Gasteiger partial charge in [-0.1, -0.05) is 42.1 Å². The Bertz CT molecular complexity index is 1240. The van der Waals surface area contributed by atoms with E-state index in [1.54, 1.807) is 32.4 Å². The van der Waals surface area contributed by atoms with Crippen LogP contribution in [0.3, 0.4) is 0 Å². The van der Waals surface area contributed by atoms with Crippen LogP contribution in [0.15, 0.2) is 53.6 Å². The van der Waals surface area contributed by atoms with Gasteiger partial charge in [0.1, 0.15) is 17.6 Å². The highest BCUT2D eigenvalue weighted by molar-refractivity contribution is 8.00. The number of ether oxygens (including phenoxy) is 2. The molecule has 0 radical (unpaired) electrons. The van der Waals surface area contributed by atoms with Gasteiger partial charge in [-0.05, 0) is 17.7 Å². The molecule has 174 valence electrons. The van der Waals surface area contributed by atoms with Gasteiger partial charge in [0.2, 0.25) is 5.91 Å². The zero-order valence-electron chi connectivity index (χ0n) is 19.5. The number of carbonyl (C=O) groups excluding carboxylic acids is 1. The number of pyridine rings is 1. The Morgan fingerprint density at radius 2 is 1.94 bits per heavy atom. The fourth-order valence-electron chi connectivity index (χ4n) is 4.14. The van der Waals surface area contributed by atoms with Crippen LogP contribution in [0.2, 0.25) is 0 Å². The van der Waals surface area contributed by atoms with Crippen molar-refractivity contribution in [3.05, 3.63) is 65.4 Å². The highest BCUT2D eigenvalue weighted by Crippen LogP contribution is 2.36. The van der Waals surface area contributed by atoms with Crippen molar-refractivity contribution in [1.82, 2.24) is 4.98 Å². The van der Waals surface area contributed by atoms with Crippen LogP contribution in [0.1, 0.15) is 16.8 Å². The molecule has 0 aliphatic carbocycles. The van der Waals surface area contributed by atoms with E-state index in [1.165, 1.54) is 16.7 Å². The number of fused-ring (bicyclic) bond motifs is 1. The molecule has 1 amide bonds. The first kappa shape index (κ1) is 23.6. The first-order valence-electron chi connectivity index (χ1n) is 11.0. The zero-order chi connectivity index (χ0) is 24.1. The molecule has 0 bridgehead atoms. The summed E-state index contributed by atoms with van der Waals surface area (Å²) < 4.78 is 10.5. The van der Waals surface area contributed by atoms with E-state index < -0.39 is 0 Å². The SMILES string of the molecule is COc1ccc(NC(=O)CSc2nc3c(c(-c4ccccc4)c2C#N)C[NH+](C)CC3)cc1OC. The minimum Gasteiger partial charge on any atom is -0.493 e. The van der Waals surface area contributed by atoms with Gasteiger partial charge in [-0.3, -0.25) is 4.79 Å². The molecule has 1 aliphatic heterocycles. The summed E-state index contributed by atoms with van der Waals surface area (Å²) in [4.78, 5) is 18.9. The molecule has 0 saturated heterocycles. The molecular formula is C26H27N4O3S+. The standard InChI is InChI=1S/C26H26N4O3S/c1-30-12-11-21-20(15-30)25(17-7-5-4-6-8-17)19(14-27)26(29-21)34-16-24(31)28-18-9-10-22(32-2)23(13-18)33-3/h4-10,13H,11-12,15-16H2,1-3H3,(H,28,31)/p+1. The number of rotatable bonds is 7. The number of methoxy groups -OCH3 is 2. The summed E-state index contributed by atoms with van der Waals surface area (Å²) in [6.45, 7) is 1.82. The molecule has 0 spiro atoms. The molecule has 2 N–H and O–H groups in total. The van der Waals surface area contributed by atoms with Crippen molar-refractivity contribution in [2.45, 2.75) is 18.0 Å². The molecule has 2 heterocycles.